The van der Waals surface area contributed by atoms with Crippen LogP contribution in [0.5, 0.6) is 0 Å². The lowest BCUT2D eigenvalue weighted by Gasteiger charge is -2.33. The lowest BCUT2D eigenvalue weighted by atomic mass is 10.0. The predicted octanol–water partition coefficient (Wildman–Crippen LogP) is 3.18. The maximum atomic E-state index is 13.0. The van der Waals surface area contributed by atoms with Gasteiger partial charge in [-0.3, -0.25) is 14.4 Å². The molecule has 2 aliphatic rings. The molecule has 2 saturated heterocycles. The van der Waals surface area contributed by atoms with Crippen LogP contribution in [0, 0.1) is 5.92 Å². The summed E-state index contributed by atoms with van der Waals surface area (Å²) in [5.74, 6) is -0.331. The van der Waals surface area contributed by atoms with Crippen molar-refractivity contribution in [2.45, 2.75) is 30.2 Å². The molecule has 6 nitrogen and oxygen atoms in total. The molecule has 2 heterocycles. The molecule has 162 valence electrons. The first-order valence-electron chi connectivity index (χ1n) is 10.6. The van der Waals surface area contributed by atoms with Gasteiger partial charge in [-0.25, -0.2) is 0 Å². The van der Waals surface area contributed by atoms with E-state index in [1.54, 1.807) is 28.8 Å². The maximum Gasteiger partial charge on any atom is 0.251 e. The smallest absolute Gasteiger partial charge is 0.251 e. The van der Waals surface area contributed by atoms with E-state index in [1.807, 2.05) is 53.6 Å². The van der Waals surface area contributed by atoms with Crippen molar-refractivity contribution in [3.8, 4) is 0 Å². The van der Waals surface area contributed by atoms with E-state index in [0.29, 0.717) is 25.2 Å². The van der Waals surface area contributed by atoms with Gasteiger partial charge in [0.25, 0.3) is 5.91 Å². The van der Waals surface area contributed by atoms with Crippen molar-refractivity contribution in [2.75, 3.05) is 30.8 Å². The Hall–Kier alpha value is -2.80. The van der Waals surface area contributed by atoms with Gasteiger partial charge in [-0.15, -0.1) is 11.8 Å². The van der Waals surface area contributed by atoms with E-state index >= 15 is 0 Å². The van der Waals surface area contributed by atoms with Gasteiger partial charge in [0.1, 0.15) is 0 Å². The van der Waals surface area contributed by atoms with Gasteiger partial charge in [0, 0.05) is 48.2 Å². The third-order valence-corrected chi connectivity index (χ3v) is 6.78. The summed E-state index contributed by atoms with van der Waals surface area (Å²) in [6.07, 6.45) is 3.73. The molecule has 0 bridgehead atoms. The maximum absolute atomic E-state index is 13.0. The lowest BCUT2D eigenvalue weighted by Crippen LogP contribution is -2.48. The number of piperidine rings is 1. The highest BCUT2D eigenvalue weighted by Crippen LogP contribution is 2.28. The van der Waals surface area contributed by atoms with Crippen molar-refractivity contribution in [1.82, 2.24) is 10.2 Å². The van der Waals surface area contributed by atoms with Gasteiger partial charge in [-0.05, 0) is 55.5 Å². The lowest BCUT2D eigenvalue weighted by molar-refractivity contribution is -0.136. The average molecular weight is 438 g/mol. The number of carbonyl (C=O) groups is 3. The van der Waals surface area contributed by atoms with E-state index in [0.717, 1.165) is 23.4 Å². The van der Waals surface area contributed by atoms with Gasteiger partial charge in [0.05, 0.1) is 5.92 Å². The molecule has 2 aliphatic heterocycles. The van der Waals surface area contributed by atoms with Crippen LogP contribution in [0.1, 0.15) is 29.6 Å². The molecule has 2 fully saturated rings. The molecule has 4 rings (SSSR count). The van der Waals surface area contributed by atoms with Crippen LogP contribution in [0.15, 0.2) is 59.5 Å². The van der Waals surface area contributed by atoms with Crippen LogP contribution < -0.4 is 10.2 Å². The Balaban J connectivity index is 1.29. The number of nitrogens with zero attached hydrogens (tertiary/aromatic N) is 2. The first kappa shape index (κ1) is 21.4. The van der Waals surface area contributed by atoms with E-state index < -0.39 is 0 Å². The second-order valence-electron chi connectivity index (χ2n) is 8.04. The van der Waals surface area contributed by atoms with E-state index in [2.05, 4.69) is 5.32 Å². The number of rotatable bonds is 5. The highest BCUT2D eigenvalue weighted by molar-refractivity contribution is 7.98. The monoisotopic (exact) mass is 437 g/mol. The molecule has 3 amide bonds. The predicted molar refractivity (Wildman–Crippen MR) is 122 cm³/mol. The molecule has 7 heteroatoms. The Bertz CT molecular complexity index is 940. The number of nitrogens with one attached hydrogen (secondary N) is 1. The van der Waals surface area contributed by atoms with Crippen LogP contribution >= 0.6 is 11.8 Å². The molecule has 0 saturated carbocycles. The van der Waals surface area contributed by atoms with Gasteiger partial charge >= 0.3 is 0 Å². The van der Waals surface area contributed by atoms with Gasteiger partial charge < -0.3 is 15.1 Å². The first-order valence-corrected chi connectivity index (χ1v) is 11.9. The van der Waals surface area contributed by atoms with Gasteiger partial charge in [-0.2, -0.15) is 0 Å². The minimum atomic E-state index is -0.303. The molecule has 0 aliphatic carbocycles. The second kappa shape index (κ2) is 9.56. The Morgan fingerprint density at radius 3 is 2.32 bits per heavy atom. The standard InChI is InChI=1S/C24H27N3O3S/c1-31-21-9-7-20(8-10-21)27-16-18(15-22(27)28)24(30)26-13-11-19(12-14-26)25-23(29)17-5-3-2-4-6-17/h2-10,18-19H,11-16H2,1H3,(H,25,29)/t18-/m1/s1. The molecule has 0 unspecified atom stereocenters. The summed E-state index contributed by atoms with van der Waals surface area (Å²) in [7, 11) is 0. The van der Waals surface area contributed by atoms with Crippen LogP contribution in [0.3, 0.4) is 0 Å². The van der Waals surface area contributed by atoms with Crippen molar-refractivity contribution in [2.24, 2.45) is 5.92 Å². The highest BCUT2D eigenvalue weighted by Gasteiger charge is 2.38. The van der Waals surface area contributed by atoms with Crippen molar-refractivity contribution >= 4 is 35.2 Å². The minimum Gasteiger partial charge on any atom is -0.349 e. The number of benzene rings is 2. The largest absolute Gasteiger partial charge is 0.349 e. The number of amides is 3. The molecular weight excluding hydrogens is 410 g/mol. The summed E-state index contributed by atoms with van der Waals surface area (Å²) >= 11 is 1.66. The van der Waals surface area contributed by atoms with Crippen molar-refractivity contribution in [3.05, 3.63) is 60.2 Å². The molecule has 2 aromatic carbocycles. The number of likely N-dealkylation sites (tertiary alicyclic amines) is 1. The van der Waals surface area contributed by atoms with E-state index in [-0.39, 0.29) is 36.1 Å². The van der Waals surface area contributed by atoms with Crippen LogP contribution in [0.4, 0.5) is 5.69 Å². The second-order valence-corrected chi connectivity index (χ2v) is 8.92. The number of carbonyl (C=O) groups excluding carboxylic acids is 3. The highest BCUT2D eigenvalue weighted by atomic mass is 32.2. The van der Waals surface area contributed by atoms with E-state index in [1.165, 1.54) is 0 Å². The molecule has 0 aromatic heterocycles. The van der Waals surface area contributed by atoms with E-state index in [9.17, 15) is 14.4 Å². The van der Waals surface area contributed by atoms with Crippen LogP contribution in [-0.2, 0) is 9.59 Å². The van der Waals surface area contributed by atoms with Crippen molar-refractivity contribution < 1.29 is 14.4 Å². The Morgan fingerprint density at radius 2 is 1.68 bits per heavy atom. The van der Waals surface area contributed by atoms with Gasteiger partial charge in [-0.1, -0.05) is 18.2 Å². The van der Waals surface area contributed by atoms with Crippen LogP contribution in [0.25, 0.3) is 0 Å². The molecular formula is C24H27N3O3S. The Kier molecular flexibility index (Phi) is 6.61. The fourth-order valence-corrected chi connectivity index (χ4v) is 4.65. The summed E-state index contributed by atoms with van der Waals surface area (Å²) in [6, 6.07) is 17.1. The van der Waals surface area contributed by atoms with Gasteiger partial charge in [0.15, 0.2) is 0 Å². The first-order chi connectivity index (χ1) is 15.0. The van der Waals surface area contributed by atoms with Crippen LogP contribution in [0.2, 0.25) is 0 Å². The molecule has 2 aromatic rings. The quantitative estimate of drug-likeness (QED) is 0.730. The number of hydrogen-bond donors (Lipinski definition) is 1. The Morgan fingerprint density at radius 1 is 1.00 bits per heavy atom. The summed E-state index contributed by atoms with van der Waals surface area (Å²) < 4.78 is 0. The summed E-state index contributed by atoms with van der Waals surface area (Å²) in [5.41, 5.74) is 1.50. The SMILES string of the molecule is CSc1ccc(N2C[C@H](C(=O)N3CCC(NC(=O)c4ccccc4)CC3)CC2=O)cc1. The zero-order valence-electron chi connectivity index (χ0n) is 17.6. The third-order valence-electron chi connectivity index (χ3n) is 6.04. The minimum absolute atomic E-state index is 0.000243. The molecule has 31 heavy (non-hydrogen) atoms. The summed E-state index contributed by atoms with van der Waals surface area (Å²) in [5, 5.41) is 3.07. The molecule has 1 N–H and O–H groups in total. The molecule has 0 radical (unpaired) electrons. The number of thioether (sulfide) groups is 1. The molecule has 1 atom stereocenters. The van der Waals surface area contributed by atoms with Gasteiger partial charge in [0.2, 0.25) is 11.8 Å². The third kappa shape index (κ3) is 4.93. The van der Waals surface area contributed by atoms with Crippen LogP contribution in [-0.4, -0.2) is 54.6 Å². The average Bonchev–Trinajstić information content (AvgIpc) is 3.21. The van der Waals surface area contributed by atoms with Crippen molar-refractivity contribution in [3.63, 3.8) is 0 Å². The van der Waals surface area contributed by atoms with E-state index in [4.69, 9.17) is 0 Å². The Labute approximate surface area is 187 Å². The fraction of sp³-hybridized carbons (Fsp3) is 0.375. The summed E-state index contributed by atoms with van der Waals surface area (Å²) in [4.78, 5) is 42.6. The normalized spacial score (nSPS) is 19.5. The zero-order chi connectivity index (χ0) is 21.8. The number of anilines is 1. The topological polar surface area (TPSA) is 69.7 Å². The fourth-order valence-electron chi connectivity index (χ4n) is 4.25. The zero-order valence-corrected chi connectivity index (χ0v) is 18.4. The summed E-state index contributed by atoms with van der Waals surface area (Å²) in [6.45, 7) is 1.64. The van der Waals surface area contributed by atoms with Crippen molar-refractivity contribution in [1.29, 1.82) is 0 Å². The molecule has 0 spiro atoms. The number of hydrogen-bond acceptors (Lipinski definition) is 4.